The normalized spacial score (nSPS) is 21.0. The summed E-state index contributed by atoms with van der Waals surface area (Å²) in [6.45, 7) is 5.20. The van der Waals surface area contributed by atoms with Gasteiger partial charge >= 0.3 is 0 Å². The number of alkyl halides is 1. The summed E-state index contributed by atoms with van der Waals surface area (Å²) in [5, 5.41) is 0. The molecule has 3 rings (SSSR count). The van der Waals surface area contributed by atoms with E-state index in [0.29, 0.717) is 19.3 Å². The van der Waals surface area contributed by atoms with Crippen molar-refractivity contribution in [1.82, 2.24) is 0 Å². The molecular weight excluding hydrogens is 427 g/mol. The van der Waals surface area contributed by atoms with E-state index in [1.165, 1.54) is 24.3 Å². The van der Waals surface area contributed by atoms with E-state index in [2.05, 4.69) is 6.58 Å². The number of allylic oxidation sites excluding steroid dienone is 1. The molecule has 1 saturated heterocycles. The Kier molecular flexibility index (Phi) is 8.06. The standard InChI is InChI=1S/C25H27F5O2/c1-3-5-6-16-7-10-18(23(28)21(16)26)19-11-8-17(22(27)24(19)29)9-12-20-31-14-25(30,13-4-2)15-32-20/h3,7-8,10-11,20H,1,4-6,9,12-15H2,2H3. The molecule has 0 saturated carbocycles. The molecule has 32 heavy (non-hydrogen) atoms. The number of aryl methyl sites for hydroxylation is 2. The van der Waals surface area contributed by atoms with Gasteiger partial charge in [-0.1, -0.05) is 43.7 Å². The molecule has 2 aromatic rings. The van der Waals surface area contributed by atoms with Gasteiger partial charge in [0, 0.05) is 17.5 Å². The summed E-state index contributed by atoms with van der Waals surface area (Å²) in [7, 11) is 0. The summed E-state index contributed by atoms with van der Waals surface area (Å²) in [6, 6.07) is 5.17. The van der Waals surface area contributed by atoms with Crippen molar-refractivity contribution in [3.63, 3.8) is 0 Å². The van der Waals surface area contributed by atoms with Gasteiger partial charge in [-0.3, -0.25) is 0 Å². The number of hydrogen-bond donors (Lipinski definition) is 0. The van der Waals surface area contributed by atoms with Crippen LogP contribution in [0.2, 0.25) is 0 Å². The molecule has 0 N–H and O–H groups in total. The monoisotopic (exact) mass is 454 g/mol. The van der Waals surface area contributed by atoms with Gasteiger partial charge in [0.2, 0.25) is 0 Å². The van der Waals surface area contributed by atoms with E-state index in [-0.39, 0.29) is 54.7 Å². The Bertz CT molecular complexity index is 952. The number of ether oxygens (including phenoxy) is 2. The van der Waals surface area contributed by atoms with Crippen molar-refractivity contribution in [3.05, 3.63) is 71.3 Å². The highest BCUT2D eigenvalue weighted by atomic mass is 19.2. The van der Waals surface area contributed by atoms with Gasteiger partial charge in [0.1, 0.15) is 0 Å². The third-order valence-corrected chi connectivity index (χ3v) is 5.64. The topological polar surface area (TPSA) is 18.5 Å². The lowest BCUT2D eigenvalue weighted by Crippen LogP contribution is -2.44. The smallest absolute Gasteiger partial charge is 0.167 e. The lowest BCUT2D eigenvalue weighted by Gasteiger charge is -2.34. The van der Waals surface area contributed by atoms with Crippen molar-refractivity contribution >= 4 is 0 Å². The van der Waals surface area contributed by atoms with Gasteiger partial charge in [-0.05, 0) is 36.8 Å². The van der Waals surface area contributed by atoms with E-state index in [0.717, 1.165) is 0 Å². The minimum Gasteiger partial charge on any atom is -0.349 e. The van der Waals surface area contributed by atoms with Gasteiger partial charge in [0.25, 0.3) is 0 Å². The lowest BCUT2D eigenvalue weighted by atomic mass is 9.97. The molecule has 2 aromatic carbocycles. The van der Waals surface area contributed by atoms with Crippen LogP contribution in [0.15, 0.2) is 36.9 Å². The molecule has 0 aliphatic carbocycles. The first-order chi connectivity index (χ1) is 15.3. The molecule has 2 nitrogen and oxygen atoms in total. The molecule has 1 aliphatic rings. The van der Waals surface area contributed by atoms with Crippen LogP contribution in [-0.2, 0) is 22.3 Å². The van der Waals surface area contributed by atoms with Crippen LogP contribution < -0.4 is 0 Å². The minimum atomic E-state index is -1.52. The molecule has 0 unspecified atom stereocenters. The fourth-order valence-electron chi connectivity index (χ4n) is 3.85. The first-order valence-electron chi connectivity index (χ1n) is 10.8. The average Bonchev–Trinajstić information content (AvgIpc) is 2.78. The second kappa shape index (κ2) is 10.6. The Hall–Kier alpha value is -2.25. The van der Waals surface area contributed by atoms with E-state index >= 15 is 0 Å². The van der Waals surface area contributed by atoms with E-state index in [1.807, 2.05) is 6.92 Å². The molecule has 0 amide bonds. The van der Waals surface area contributed by atoms with Crippen LogP contribution in [0.4, 0.5) is 22.0 Å². The summed E-state index contributed by atoms with van der Waals surface area (Å²) >= 11 is 0. The van der Waals surface area contributed by atoms with Crippen molar-refractivity contribution in [2.24, 2.45) is 0 Å². The second-order valence-electron chi connectivity index (χ2n) is 8.12. The van der Waals surface area contributed by atoms with Crippen LogP contribution in [0.5, 0.6) is 0 Å². The first kappa shape index (κ1) is 24.4. The molecule has 7 heteroatoms. The fraction of sp³-hybridized carbons (Fsp3) is 0.440. The summed E-state index contributed by atoms with van der Waals surface area (Å²) in [6.07, 6.45) is 2.87. The van der Waals surface area contributed by atoms with Crippen molar-refractivity contribution in [2.75, 3.05) is 13.2 Å². The minimum absolute atomic E-state index is 0.0487. The molecular formula is C25H27F5O2. The van der Waals surface area contributed by atoms with Crippen molar-refractivity contribution in [2.45, 2.75) is 57.4 Å². The van der Waals surface area contributed by atoms with Gasteiger partial charge in [-0.25, -0.2) is 22.0 Å². The number of halogens is 5. The molecule has 1 aliphatic heterocycles. The van der Waals surface area contributed by atoms with Crippen LogP contribution in [0.25, 0.3) is 11.1 Å². The van der Waals surface area contributed by atoms with Crippen molar-refractivity contribution in [1.29, 1.82) is 0 Å². The van der Waals surface area contributed by atoms with E-state index in [1.54, 1.807) is 6.08 Å². The Morgan fingerprint density at radius 2 is 1.44 bits per heavy atom. The lowest BCUT2D eigenvalue weighted by molar-refractivity contribution is -0.236. The van der Waals surface area contributed by atoms with Gasteiger partial charge in [-0.2, -0.15) is 0 Å². The van der Waals surface area contributed by atoms with Crippen LogP contribution in [0.3, 0.4) is 0 Å². The zero-order valence-electron chi connectivity index (χ0n) is 18.0. The first-order valence-corrected chi connectivity index (χ1v) is 10.8. The highest BCUT2D eigenvalue weighted by molar-refractivity contribution is 5.66. The molecule has 0 spiro atoms. The molecule has 0 bridgehead atoms. The highest BCUT2D eigenvalue weighted by Crippen LogP contribution is 2.32. The maximum absolute atomic E-state index is 14.7. The zero-order chi connectivity index (χ0) is 23.3. The summed E-state index contributed by atoms with van der Waals surface area (Å²) in [5.74, 6) is -4.69. The van der Waals surface area contributed by atoms with E-state index < -0.39 is 35.2 Å². The predicted octanol–water partition coefficient (Wildman–Crippen LogP) is 6.84. The van der Waals surface area contributed by atoms with Gasteiger partial charge in [-0.15, -0.1) is 6.58 Å². The van der Waals surface area contributed by atoms with Crippen LogP contribution >= 0.6 is 0 Å². The predicted molar refractivity (Wildman–Crippen MR) is 113 cm³/mol. The van der Waals surface area contributed by atoms with Crippen LogP contribution in [0.1, 0.15) is 43.7 Å². The third kappa shape index (κ3) is 5.38. The largest absolute Gasteiger partial charge is 0.349 e. The molecule has 1 fully saturated rings. The zero-order valence-corrected chi connectivity index (χ0v) is 18.0. The summed E-state index contributed by atoms with van der Waals surface area (Å²) in [4.78, 5) is 0. The van der Waals surface area contributed by atoms with E-state index in [9.17, 15) is 22.0 Å². The molecule has 0 radical (unpaired) electrons. The van der Waals surface area contributed by atoms with Gasteiger partial charge in [0.15, 0.2) is 35.2 Å². The SMILES string of the molecule is C=CCCc1ccc(-c2ccc(CCC3OCC(F)(CCC)CO3)c(F)c2F)c(F)c1F. The quantitative estimate of drug-likeness (QED) is 0.305. The molecule has 174 valence electrons. The molecule has 0 aromatic heterocycles. The molecule has 1 heterocycles. The third-order valence-electron chi connectivity index (χ3n) is 5.64. The molecule has 0 atom stereocenters. The Labute approximate surface area is 185 Å². The van der Waals surface area contributed by atoms with Crippen LogP contribution in [0, 0.1) is 23.3 Å². The number of benzene rings is 2. The number of hydrogen-bond acceptors (Lipinski definition) is 2. The average molecular weight is 454 g/mol. The van der Waals surface area contributed by atoms with E-state index in [4.69, 9.17) is 9.47 Å². The van der Waals surface area contributed by atoms with Crippen molar-refractivity contribution < 1.29 is 31.4 Å². The highest BCUT2D eigenvalue weighted by Gasteiger charge is 2.36. The van der Waals surface area contributed by atoms with Crippen LogP contribution in [-0.4, -0.2) is 25.2 Å². The maximum atomic E-state index is 14.7. The Morgan fingerprint density at radius 1 is 0.906 bits per heavy atom. The Balaban J connectivity index is 1.71. The maximum Gasteiger partial charge on any atom is 0.167 e. The summed E-state index contributed by atoms with van der Waals surface area (Å²) < 4.78 is 83.4. The van der Waals surface area contributed by atoms with Gasteiger partial charge in [0.05, 0.1) is 13.2 Å². The number of rotatable bonds is 9. The fourth-order valence-corrected chi connectivity index (χ4v) is 3.85. The van der Waals surface area contributed by atoms with Gasteiger partial charge < -0.3 is 9.47 Å². The second-order valence-corrected chi connectivity index (χ2v) is 8.12. The Morgan fingerprint density at radius 3 is 1.94 bits per heavy atom. The summed E-state index contributed by atoms with van der Waals surface area (Å²) in [5.41, 5.74) is -2.03. The van der Waals surface area contributed by atoms with Crippen molar-refractivity contribution in [3.8, 4) is 11.1 Å².